The first-order valence-corrected chi connectivity index (χ1v) is 9.19. The van der Waals surface area contributed by atoms with E-state index < -0.39 is 42.6 Å². The maximum absolute atomic E-state index is 11.7. The molecule has 0 aliphatic carbocycles. The van der Waals surface area contributed by atoms with Gasteiger partial charge in [0.25, 0.3) is 0 Å². The molecule has 5 atom stereocenters. The molecule has 1 fully saturated rings. The quantitative estimate of drug-likeness (QED) is 0.641. The third-order valence-electron chi connectivity index (χ3n) is 4.10. The first kappa shape index (κ1) is 21.3. The molecule has 1 aliphatic rings. The van der Waals surface area contributed by atoms with Crippen molar-refractivity contribution >= 4 is 11.9 Å². The smallest absolute Gasteiger partial charge is 0.303 e. The summed E-state index contributed by atoms with van der Waals surface area (Å²) in [5.74, 6) is -0.976. The highest BCUT2D eigenvalue weighted by atomic mass is 16.7. The molecular weight excluding hydrogens is 352 g/mol. The number of hydrogen-bond acceptors (Lipinski definition) is 7. The molecule has 1 aromatic carbocycles. The fourth-order valence-corrected chi connectivity index (χ4v) is 2.96. The molecule has 0 saturated carbocycles. The monoisotopic (exact) mass is 380 g/mol. The number of rotatable bonds is 8. The second-order valence-corrected chi connectivity index (χ2v) is 6.49. The van der Waals surface area contributed by atoms with Crippen molar-refractivity contribution in [3.05, 3.63) is 35.9 Å². The molecule has 0 radical (unpaired) electrons. The van der Waals surface area contributed by atoms with E-state index in [0.717, 1.165) is 12.0 Å². The molecule has 7 nitrogen and oxygen atoms in total. The minimum atomic E-state index is -0.833. The third-order valence-corrected chi connectivity index (χ3v) is 4.10. The van der Waals surface area contributed by atoms with Crippen LogP contribution in [0.15, 0.2) is 30.3 Å². The van der Waals surface area contributed by atoms with Gasteiger partial charge in [-0.1, -0.05) is 37.3 Å². The molecule has 0 N–H and O–H groups in total. The van der Waals surface area contributed by atoms with Gasteiger partial charge in [0.05, 0.1) is 12.7 Å². The summed E-state index contributed by atoms with van der Waals surface area (Å²) in [7, 11) is 0. The Bertz CT molecular complexity index is 604. The van der Waals surface area contributed by atoms with Crippen LogP contribution in [0.3, 0.4) is 0 Å². The second-order valence-electron chi connectivity index (χ2n) is 6.49. The van der Waals surface area contributed by atoms with Gasteiger partial charge in [0.15, 0.2) is 18.5 Å². The van der Waals surface area contributed by atoms with Gasteiger partial charge in [0.2, 0.25) is 0 Å². The van der Waals surface area contributed by atoms with Crippen LogP contribution in [0.5, 0.6) is 0 Å². The highest BCUT2D eigenvalue weighted by Gasteiger charge is 2.49. The van der Waals surface area contributed by atoms with Crippen molar-refractivity contribution in [2.24, 2.45) is 0 Å². The minimum absolute atomic E-state index is 0.278. The lowest BCUT2D eigenvalue weighted by Crippen LogP contribution is -2.60. The largest absolute Gasteiger partial charge is 0.456 e. The van der Waals surface area contributed by atoms with Gasteiger partial charge < -0.3 is 23.7 Å². The molecule has 1 heterocycles. The Morgan fingerprint density at radius 1 is 0.963 bits per heavy atom. The molecule has 0 unspecified atom stereocenters. The van der Waals surface area contributed by atoms with Gasteiger partial charge in [-0.25, -0.2) is 0 Å². The minimum Gasteiger partial charge on any atom is -0.456 e. The van der Waals surface area contributed by atoms with Crippen LogP contribution in [-0.2, 0) is 39.9 Å². The molecule has 27 heavy (non-hydrogen) atoms. The molecule has 0 bridgehead atoms. The first-order valence-electron chi connectivity index (χ1n) is 9.19. The summed E-state index contributed by atoms with van der Waals surface area (Å²) >= 11 is 0. The van der Waals surface area contributed by atoms with E-state index in [1.165, 1.54) is 13.8 Å². The predicted molar refractivity (Wildman–Crippen MR) is 96.7 cm³/mol. The van der Waals surface area contributed by atoms with Crippen LogP contribution in [0.2, 0.25) is 0 Å². The van der Waals surface area contributed by atoms with E-state index >= 15 is 0 Å². The predicted octanol–water partition coefficient (Wildman–Crippen LogP) is 2.61. The summed E-state index contributed by atoms with van der Waals surface area (Å²) in [6.07, 6.45) is -2.81. The fourth-order valence-electron chi connectivity index (χ4n) is 2.96. The molecule has 7 heteroatoms. The Balaban J connectivity index is 2.24. The maximum atomic E-state index is 11.7. The third kappa shape index (κ3) is 6.30. The Morgan fingerprint density at radius 2 is 1.59 bits per heavy atom. The van der Waals surface area contributed by atoms with Gasteiger partial charge in [0.1, 0.15) is 6.10 Å². The summed E-state index contributed by atoms with van der Waals surface area (Å²) in [5.41, 5.74) is 0.955. The standard InChI is InChI=1S/C20H28O7/c1-5-11-23-20-19(24-12-16-9-7-6-8-10-16)18(27-15(4)22)17(13(2)25-20)26-14(3)21/h6-10,13,17-20H,5,11-12H2,1-4H3/t13-,17+,18+,19-,20+/m0/s1. The molecule has 0 spiro atoms. The molecule has 1 aliphatic heterocycles. The molecule has 1 saturated heterocycles. The maximum Gasteiger partial charge on any atom is 0.303 e. The normalized spacial score (nSPS) is 27.8. The lowest BCUT2D eigenvalue weighted by Gasteiger charge is -2.43. The average Bonchev–Trinajstić information content (AvgIpc) is 2.62. The van der Waals surface area contributed by atoms with E-state index in [4.69, 9.17) is 23.7 Å². The topological polar surface area (TPSA) is 80.3 Å². The molecule has 150 valence electrons. The van der Waals surface area contributed by atoms with Crippen molar-refractivity contribution < 1.29 is 33.3 Å². The Hall–Kier alpha value is -1.96. The first-order chi connectivity index (χ1) is 12.9. The van der Waals surface area contributed by atoms with E-state index in [1.54, 1.807) is 6.92 Å². The van der Waals surface area contributed by atoms with Crippen LogP contribution >= 0.6 is 0 Å². The number of esters is 2. The summed E-state index contributed by atoms with van der Waals surface area (Å²) in [4.78, 5) is 23.2. The van der Waals surface area contributed by atoms with Gasteiger partial charge in [-0.05, 0) is 18.9 Å². The van der Waals surface area contributed by atoms with E-state index in [0.29, 0.717) is 6.61 Å². The number of hydrogen-bond donors (Lipinski definition) is 0. The Kier molecular flexibility index (Phi) is 8.22. The van der Waals surface area contributed by atoms with Crippen LogP contribution in [0.1, 0.15) is 39.7 Å². The second kappa shape index (κ2) is 10.4. The number of carbonyl (C=O) groups is 2. The lowest BCUT2D eigenvalue weighted by molar-refractivity contribution is -0.308. The van der Waals surface area contributed by atoms with E-state index in [-0.39, 0.29) is 6.61 Å². The van der Waals surface area contributed by atoms with Gasteiger partial charge in [-0.3, -0.25) is 9.59 Å². The van der Waals surface area contributed by atoms with Crippen LogP contribution in [0.25, 0.3) is 0 Å². The van der Waals surface area contributed by atoms with Crippen molar-refractivity contribution in [2.75, 3.05) is 6.61 Å². The summed E-state index contributed by atoms with van der Waals surface area (Å²) < 4.78 is 28.6. The zero-order chi connectivity index (χ0) is 19.8. The van der Waals surface area contributed by atoms with Crippen molar-refractivity contribution in [3.63, 3.8) is 0 Å². The number of carbonyl (C=O) groups excluding carboxylic acids is 2. The van der Waals surface area contributed by atoms with Crippen molar-refractivity contribution in [1.82, 2.24) is 0 Å². The Labute approximate surface area is 159 Å². The van der Waals surface area contributed by atoms with Crippen LogP contribution in [0, 0.1) is 0 Å². The summed E-state index contributed by atoms with van der Waals surface area (Å²) in [6, 6.07) is 9.60. The molecule has 0 aromatic heterocycles. The van der Waals surface area contributed by atoms with Crippen LogP contribution in [0.4, 0.5) is 0 Å². The lowest BCUT2D eigenvalue weighted by atomic mass is 9.98. The number of benzene rings is 1. The highest BCUT2D eigenvalue weighted by Crippen LogP contribution is 2.29. The van der Waals surface area contributed by atoms with Gasteiger partial charge in [-0.15, -0.1) is 0 Å². The van der Waals surface area contributed by atoms with Gasteiger partial charge in [-0.2, -0.15) is 0 Å². The van der Waals surface area contributed by atoms with E-state index in [1.807, 2.05) is 37.3 Å². The molecule has 0 amide bonds. The van der Waals surface area contributed by atoms with E-state index in [9.17, 15) is 9.59 Å². The van der Waals surface area contributed by atoms with Crippen molar-refractivity contribution in [3.8, 4) is 0 Å². The zero-order valence-electron chi connectivity index (χ0n) is 16.3. The number of ether oxygens (including phenoxy) is 5. The molecular formula is C20H28O7. The van der Waals surface area contributed by atoms with Crippen molar-refractivity contribution in [2.45, 2.75) is 71.4 Å². The van der Waals surface area contributed by atoms with Gasteiger partial charge in [0, 0.05) is 20.5 Å². The SMILES string of the molecule is CCCO[C@@H]1O[C@@H](C)[C@@H](OC(C)=O)[C@@H](OC(C)=O)[C@@H]1OCc1ccccc1. The summed E-state index contributed by atoms with van der Waals surface area (Å²) in [5, 5.41) is 0. The van der Waals surface area contributed by atoms with Crippen molar-refractivity contribution in [1.29, 1.82) is 0 Å². The van der Waals surface area contributed by atoms with Crippen LogP contribution < -0.4 is 0 Å². The van der Waals surface area contributed by atoms with Crippen LogP contribution in [-0.4, -0.2) is 49.3 Å². The zero-order valence-corrected chi connectivity index (χ0v) is 16.3. The molecule has 1 aromatic rings. The van der Waals surface area contributed by atoms with E-state index in [2.05, 4.69) is 0 Å². The Morgan fingerprint density at radius 3 is 2.19 bits per heavy atom. The highest BCUT2D eigenvalue weighted by molar-refractivity contribution is 5.67. The summed E-state index contributed by atoms with van der Waals surface area (Å²) in [6.45, 7) is 7.09. The molecule has 2 rings (SSSR count). The fraction of sp³-hybridized carbons (Fsp3) is 0.600. The van der Waals surface area contributed by atoms with Gasteiger partial charge >= 0.3 is 11.9 Å². The average molecular weight is 380 g/mol.